The van der Waals surface area contributed by atoms with Gasteiger partial charge < -0.3 is 5.32 Å². The third kappa shape index (κ3) is 2.12. The summed E-state index contributed by atoms with van der Waals surface area (Å²) in [5.74, 6) is 0. The molecule has 0 aliphatic heterocycles. The van der Waals surface area contributed by atoms with E-state index in [1.165, 1.54) is 5.56 Å². The first kappa shape index (κ1) is 10.8. The van der Waals surface area contributed by atoms with E-state index >= 15 is 0 Å². The number of aryl methyl sites for hydroxylation is 1. The van der Waals surface area contributed by atoms with Crippen LogP contribution in [0.5, 0.6) is 0 Å². The van der Waals surface area contributed by atoms with Crippen molar-refractivity contribution in [2.24, 2.45) is 0 Å². The molecule has 0 radical (unpaired) electrons. The highest BCUT2D eigenvalue weighted by Crippen LogP contribution is 2.24. The van der Waals surface area contributed by atoms with Crippen LogP contribution in [0.15, 0.2) is 24.5 Å². The largest absolute Gasteiger partial charge is 0.319 e. The first-order valence-electron chi connectivity index (χ1n) is 5.41. The van der Waals surface area contributed by atoms with Crippen LogP contribution >= 0.6 is 0 Å². The third-order valence-electron chi connectivity index (χ3n) is 2.58. The highest BCUT2D eigenvalue weighted by atomic mass is 15.1. The monoisotopic (exact) mass is 216 g/mol. The van der Waals surface area contributed by atoms with Crippen LogP contribution in [0, 0.1) is 6.92 Å². The summed E-state index contributed by atoms with van der Waals surface area (Å²) in [6.07, 6.45) is 4.58. The molecule has 2 N–H and O–H groups in total. The molecule has 0 fully saturated rings. The highest BCUT2D eigenvalue weighted by Gasteiger charge is 2.11. The third-order valence-corrected chi connectivity index (χ3v) is 2.58. The molecule has 4 nitrogen and oxygen atoms in total. The van der Waals surface area contributed by atoms with Gasteiger partial charge in [0.15, 0.2) is 0 Å². The maximum absolute atomic E-state index is 4.34. The van der Waals surface area contributed by atoms with E-state index in [4.69, 9.17) is 0 Å². The maximum Gasteiger partial charge on any atom is 0.0716 e. The van der Waals surface area contributed by atoms with E-state index < -0.39 is 0 Å². The number of hydrogen-bond acceptors (Lipinski definition) is 3. The first-order valence-corrected chi connectivity index (χ1v) is 5.41. The lowest BCUT2D eigenvalue weighted by atomic mass is 10.0. The minimum Gasteiger partial charge on any atom is -0.319 e. The van der Waals surface area contributed by atoms with Crippen LogP contribution in [0.4, 0.5) is 0 Å². The second kappa shape index (κ2) is 4.90. The van der Waals surface area contributed by atoms with Gasteiger partial charge >= 0.3 is 0 Å². The molecule has 0 aliphatic carbocycles. The molecular formula is C12H16N4. The Hall–Kier alpha value is -1.68. The molecule has 0 aliphatic rings. The molecule has 2 rings (SSSR count). The van der Waals surface area contributed by atoms with Crippen molar-refractivity contribution in [3.05, 3.63) is 35.9 Å². The normalized spacial score (nSPS) is 10.6. The molecule has 0 unspecified atom stereocenters. The van der Waals surface area contributed by atoms with Crippen molar-refractivity contribution in [1.82, 2.24) is 20.5 Å². The average molecular weight is 216 g/mol. The van der Waals surface area contributed by atoms with Gasteiger partial charge in [-0.25, -0.2) is 0 Å². The Morgan fingerprint density at radius 3 is 3.00 bits per heavy atom. The summed E-state index contributed by atoms with van der Waals surface area (Å²) in [6, 6.07) is 4.01. The van der Waals surface area contributed by atoms with Gasteiger partial charge in [0.25, 0.3) is 0 Å². The zero-order chi connectivity index (χ0) is 11.4. The quantitative estimate of drug-likeness (QED) is 0.815. The number of H-pyrrole nitrogens is 1. The molecule has 2 aromatic rings. The van der Waals surface area contributed by atoms with Crippen molar-refractivity contribution in [3.63, 3.8) is 0 Å². The van der Waals surface area contributed by atoms with Gasteiger partial charge in [-0.05, 0) is 20.0 Å². The van der Waals surface area contributed by atoms with Gasteiger partial charge in [0, 0.05) is 42.2 Å². The van der Waals surface area contributed by atoms with Crippen LogP contribution in [-0.2, 0) is 6.42 Å². The van der Waals surface area contributed by atoms with Crippen LogP contribution in [0.1, 0.15) is 11.4 Å². The van der Waals surface area contributed by atoms with Crippen LogP contribution in [0.3, 0.4) is 0 Å². The lowest BCUT2D eigenvalue weighted by molar-refractivity contribution is 0.773. The van der Waals surface area contributed by atoms with Crippen molar-refractivity contribution in [2.45, 2.75) is 13.3 Å². The summed E-state index contributed by atoms with van der Waals surface area (Å²) in [7, 11) is 1.95. The van der Waals surface area contributed by atoms with Crippen LogP contribution < -0.4 is 5.32 Å². The van der Waals surface area contributed by atoms with Crippen LogP contribution in [-0.4, -0.2) is 28.8 Å². The zero-order valence-corrected chi connectivity index (χ0v) is 9.62. The highest BCUT2D eigenvalue weighted by molar-refractivity contribution is 5.67. The molecule has 4 heteroatoms. The number of likely N-dealkylation sites (N-methyl/N-ethyl adjacent to an activating group) is 1. The molecule has 0 bridgehead atoms. The van der Waals surface area contributed by atoms with Crippen molar-refractivity contribution >= 4 is 0 Å². The minimum atomic E-state index is 0.922. The molecule has 0 spiro atoms. The summed E-state index contributed by atoms with van der Waals surface area (Å²) >= 11 is 0. The van der Waals surface area contributed by atoms with E-state index in [0.717, 1.165) is 29.9 Å². The van der Waals surface area contributed by atoms with E-state index in [1.807, 2.05) is 26.2 Å². The molecule has 0 atom stereocenters. The Morgan fingerprint density at radius 2 is 2.31 bits per heavy atom. The lowest BCUT2D eigenvalue weighted by Crippen LogP contribution is -2.11. The van der Waals surface area contributed by atoms with Gasteiger partial charge in [-0.1, -0.05) is 6.07 Å². The Labute approximate surface area is 95.1 Å². The van der Waals surface area contributed by atoms with E-state index in [0.29, 0.717) is 0 Å². The Balaban J connectivity index is 2.35. The van der Waals surface area contributed by atoms with Crippen molar-refractivity contribution < 1.29 is 0 Å². The molecule has 0 amide bonds. The minimum absolute atomic E-state index is 0.922. The maximum atomic E-state index is 4.34. The van der Waals surface area contributed by atoms with E-state index in [9.17, 15) is 0 Å². The number of nitrogens with zero attached hydrogens (tertiary/aromatic N) is 2. The summed E-state index contributed by atoms with van der Waals surface area (Å²) in [6.45, 7) is 2.97. The summed E-state index contributed by atoms with van der Waals surface area (Å²) in [5, 5.41) is 10.5. The smallest absolute Gasteiger partial charge is 0.0716 e. The summed E-state index contributed by atoms with van der Waals surface area (Å²) < 4.78 is 0. The molecule has 2 heterocycles. The number of nitrogens with one attached hydrogen (secondary N) is 2. The Morgan fingerprint density at radius 1 is 1.44 bits per heavy atom. The van der Waals surface area contributed by atoms with Gasteiger partial charge in [0.05, 0.1) is 5.69 Å². The van der Waals surface area contributed by atoms with Crippen molar-refractivity contribution in [1.29, 1.82) is 0 Å². The van der Waals surface area contributed by atoms with Gasteiger partial charge in [-0.2, -0.15) is 5.10 Å². The number of pyridine rings is 1. The van der Waals surface area contributed by atoms with Gasteiger partial charge in [0.2, 0.25) is 0 Å². The number of hydrogen-bond donors (Lipinski definition) is 2. The SMILES string of the molecule is CNCCc1n[nH]c(C)c1-c1cccnc1. The van der Waals surface area contributed by atoms with Gasteiger partial charge in [0.1, 0.15) is 0 Å². The lowest BCUT2D eigenvalue weighted by Gasteiger charge is -2.03. The molecule has 0 saturated heterocycles. The van der Waals surface area contributed by atoms with Crippen LogP contribution in [0.2, 0.25) is 0 Å². The fourth-order valence-electron chi connectivity index (χ4n) is 1.80. The zero-order valence-electron chi connectivity index (χ0n) is 9.62. The topological polar surface area (TPSA) is 53.6 Å². The summed E-state index contributed by atoms with van der Waals surface area (Å²) in [5.41, 5.74) is 4.50. The van der Waals surface area contributed by atoms with E-state index in [2.05, 4.69) is 26.6 Å². The Bertz CT molecular complexity index is 447. The molecule has 2 aromatic heterocycles. The first-order chi connectivity index (χ1) is 7.83. The average Bonchev–Trinajstić information content (AvgIpc) is 2.69. The predicted octanol–water partition coefficient (Wildman–Crippen LogP) is 1.54. The second-order valence-electron chi connectivity index (χ2n) is 3.77. The molecule has 0 aromatic carbocycles. The molecule has 0 saturated carbocycles. The molecular weight excluding hydrogens is 200 g/mol. The van der Waals surface area contributed by atoms with Crippen molar-refractivity contribution in [2.75, 3.05) is 13.6 Å². The van der Waals surface area contributed by atoms with Gasteiger partial charge in [-0.15, -0.1) is 0 Å². The fraction of sp³-hybridized carbons (Fsp3) is 0.333. The predicted molar refractivity (Wildman–Crippen MR) is 64.2 cm³/mol. The van der Waals surface area contributed by atoms with Crippen LogP contribution in [0.25, 0.3) is 11.1 Å². The molecule has 16 heavy (non-hydrogen) atoms. The standard InChI is InChI=1S/C12H16N4/c1-9-12(10-4-3-6-14-8-10)11(16-15-9)5-7-13-2/h3-4,6,8,13H,5,7H2,1-2H3,(H,15,16). The fourth-order valence-corrected chi connectivity index (χ4v) is 1.80. The van der Waals surface area contributed by atoms with E-state index in [-0.39, 0.29) is 0 Å². The van der Waals surface area contributed by atoms with Crippen molar-refractivity contribution in [3.8, 4) is 11.1 Å². The Kier molecular flexibility index (Phi) is 3.31. The second-order valence-corrected chi connectivity index (χ2v) is 3.77. The van der Waals surface area contributed by atoms with Gasteiger partial charge in [-0.3, -0.25) is 10.1 Å². The summed E-state index contributed by atoms with van der Waals surface area (Å²) in [4.78, 5) is 4.15. The number of aromatic nitrogens is 3. The number of aromatic amines is 1. The van der Waals surface area contributed by atoms with E-state index in [1.54, 1.807) is 6.20 Å². The molecule has 84 valence electrons. The number of rotatable bonds is 4.